The van der Waals surface area contributed by atoms with Gasteiger partial charge in [0.05, 0.1) is 5.75 Å². The Morgan fingerprint density at radius 3 is 2.72 bits per heavy atom. The van der Waals surface area contributed by atoms with Crippen molar-refractivity contribution in [3.63, 3.8) is 0 Å². The van der Waals surface area contributed by atoms with Crippen LogP contribution in [0.15, 0.2) is 35.5 Å². The van der Waals surface area contributed by atoms with Crippen LogP contribution in [0.1, 0.15) is 37.4 Å². The number of rotatable bonds is 12. The summed E-state index contributed by atoms with van der Waals surface area (Å²) in [5.74, 6) is 1.20. The van der Waals surface area contributed by atoms with Crippen LogP contribution < -0.4 is 16.0 Å². The quantitative estimate of drug-likeness (QED) is 0.403. The van der Waals surface area contributed by atoms with Crippen molar-refractivity contribution >= 4 is 29.3 Å². The molecule has 29 heavy (non-hydrogen) atoms. The summed E-state index contributed by atoms with van der Waals surface area (Å²) in [6, 6.07) is 10.2. The van der Waals surface area contributed by atoms with Crippen molar-refractivity contribution in [1.29, 1.82) is 0 Å². The van der Waals surface area contributed by atoms with Gasteiger partial charge in [0, 0.05) is 44.7 Å². The molecule has 1 aliphatic carbocycles. The number of nitrogens with zero attached hydrogens (tertiary/aromatic N) is 4. The average Bonchev–Trinajstić information content (AvgIpc) is 3.48. The Morgan fingerprint density at radius 2 is 2.03 bits per heavy atom. The number of aromatic nitrogens is 3. The van der Waals surface area contributed by atoms with Crippen LogP contribution in [0.25, 0.3) is 0 Å². The van der Waals surface area contributed by atoms with Gasteiger partial charge in [0.2, 0.25) is 11.8 Å². The molecule has 0 aliphatic heterocycles. The second-order valence-corrected chi connectivity index (χ2v) is 8.17. The minimum atomic E-state index is -0.352. The fourth-order valence-corrected chi connectivity index (χ4v) is 3.82. The number of hydrogen-bond donors (Lipinski definition) is 2. The first-order chi connectivity index (χ1) is 14.0. The van der Waals surface area contributed by atoms with Crippen LogP contribution in [0, 0.1) is 0 Å². The monoisotopic (exact) mass is 416 g/mol. The molecule has 0 radical (unpaired) electrons. The molecule has 1 aromatic carbocycles. The molecular weight excluding hydrogens is 388 g/mol. The van der Waals surface area contributed by atoms with E-state index in [0.717, 1.165) is 37.3 Å². The highest BCUT2D eigenvalue weighted by atomic mass is 32.2. The molecule has 156 valence electrons. The lowest BCUT2D eigenvalue weighted by Crippen LogP contribution is -2.29. The number of carbonyl (C=O) groups is 2. The molecule has 2 aromatic rings. The summed E-state index contributed by atoms with van der Waals surface area (Å²) < 4.78 is 1.94. The van der Waals surface area contributed by atoms with Crippen LogP contribution in [0.3, 0.4) is 0 Å². The first-order valence-corrected chi connectivity index (χ1v) is 10.9. The standard InChI is InChI=1S/C20H28N6O2S/c1-25(16-6-3-2-4-7-16)12-5-11-22-18(28)14-29-20-24-23-19(15-8-9-15)26(20)13-10-17(21)27/h2-4,6-7,15H,5,8-14H2,1H3,(H2,21,27)(H,22,28). The van der Waals surface area contributed by atoms with Crippen LogP contribution in [0.4, 0.5) is 5.69 Å². The fourth-order valence-electron chi connectivity index (χ4n) is 3.02. The number of primary amides is 1. The zero-order valence-electron chi connectivity index (χ0n) is 16.7. The minimum absolute atomic E-state index is 0.0326. The van der Waals surface area contributed by atoms with Gasteiger partial charge in [0.15, 0.2) is 5.16 Å². The molecule has 0 unspecified atom stereocenters. The molecule has 2 amide bonds. The third-order valence-electron chi connectivity index (χ3n) is 4.79. The van der Waals surface area contributed by atoms with Gasteiger partial charge in [-0.15, -0.1) is 10.2 Å². The smallest absolute Gasteiger partial charge is 0.230 e. The van der Waals surface area contributed by atoms with Crippen molar-refractivity contribution in [2.75, 3.05) is 30.8 Å². The Labute approximate surface area is 175 Å². The summed E-state index contributed by atoms with van der Waals surface area (Å²) >= 11 is 1.35. The number of anilines is 1. The first-order valence-electron chi connectivity index (χ1n) is 9.91. The molecule has 1 aromatic heterocycles. The van der Waals surface area contributed by atoms with E-state index >= 15 is 0 Å². The van der Waals surface area contributed by atoms with E-state index < -0.39 is 0 Å². The van der Waals surface area contributed by atoms with Crippen LogP contribution in [0.2, 0.25) is 0 Å². The Morgan fingerprint density at radius 1 is 1.28 bits per heavy atom. The predicted octanol–water partition coefficient (Wildman–Crippen LogP) is 1.77. The van der Waals surface area contributed by atoms with E-state index in [2.05, 4.69) is 32.5 Å². The van der Waals surface area contributed by atoms with E-state index in [1.807, 2.05) is 29.8 Å². The van der Waals surface area contributed by atoms with Crippen molar-refractivity contribution in [2.45, 2.75) is 43.3 Å². The second-order valence-electron chi connectivity index (χ2n) is 7.23. The summed E-state index contributed by atoms with van der Waals surface area (Å²) in [5, 5.41) is 12.1. The molecule has 1 saturated carbocycles. The number of benzene rings is 1. The van der Waals surface area contributed by atoms with Gasteiger partial charge in [0.1, 0.15) is 5.82 Å². The lowest BCUT2D eigenvalue weighted by Gasteiger charge is -2.19. The Balaban J connectivity index is 1.40. The zero-order chi connectivity index (χ0) is 20.6. The Kier molecular flexibility index (Phi) is 7.51. The number of nitrogens with one attached hydrogen (secondary N) is 1. The molecule has 1 aliphatic rings. The van der Waals surface area contributed by atoms with Crippen LogP contribution in [-0.4, -0.2) is 52.5 Å². The molecule has 0 saturated heterocycles. The molecule has 9 heteroatoms. The van der Waals surface area contributed by atoms with Gasteiger partial charge < -0.3 is 20.5 Å². The van der Waals surface area contributed by atoms with Crippen molar-refractivity contribution < 1.29 is 9.59 Å². The number of para-hydroxylation sites is 1. The van der Waals surface area contributed by atoms with Gasteiger partial charge in [-0.05, 0) is 31.4 Å². The topological polar surface area (TPSA) is 106 Å². The third-order valence-corrected chi connectivity index (χ3v) is 5.76. The Bertz CT molecular complexity index is 822. The molecule has 3 rings (SSSR count). The van der Waals surface area contributed by atoms with E-state index in [4.69, 9.17) is 5.73 Å². The molecule has 8 nitrogen and oxygen atoms in total. The summed E-state index contributed by atoms with van der Waals surface area (Å²) in [4.78, 5) is 25.5. The highest BCUT2D eigenvalue weighted by Gasteiger charge is 2.30. The van der Waals surface area contributed by atoms with E-state index in [0.29, 0.717) is 24.2 Å². The highest BCUT2D eigenvalue weighted by Crippen LogP contribution is 2.40. The van der Waals surface area contributed by atoms with Crippen LogP contribution in [-0.2, 0) is 16.1 Å². The number of carbonyl (C=O) groups excluding carboxylic acids is 2. The summed E-state index contributed by atoms with van der Waals surface area (Å²) in [5.41, 5.74) is 6.45. The second kappa shape index (κ2) is 10.3. The predicted molar refractivity (Wildman–Crippen MR) is 114 cm³/mol. The lowest BCUT2D eigenvalue weighted by atomic mass is 10.3. The van der Waals surface area contributed by atoms with Gasteiger partial charge in [-0.2, -0.15) is 0 Å². The van der Waals surface area contributed by atoms with E-state index in [9.17, 15) is 9.59 Å². The summed E-state index contributed by atoms with van der Waals surface area (Å²) in [6.07, 6.45) is 3.30. The summed E-state index contributed by atoms with van der Waals surface area (Å²) in [6.45, 7) is 1.95. The van der Waals surface area contributed by atoms with Gasteiger partial charge in [-0.25, -0.2) is 0 Å². The number of thioether (sulfide) groups is 1. The van der Waals surface area contributed by atoms with Gasteiger partial charge >= 0.3 is 0 Å². The number of hydrogen-bond acceptors (Lipinski definition) is 6. The van der Waals surface area contributed by atoms with E-state index in [1.54, 1.807) is 0 Å². The maximum Gasteiger partial charge on any atom is 0.230 e. The molecule has 0 atom stereocenters. The molecule has 0 bridgehead atoms. The molecule has 1 fully saturated rings. The number of amides is 2. The normalized spacial score (nSPS) is 13.3. The largest absolute Gasteiger partial charge is 0.375 e. The maximum absolute atomic E-state index is 12.2. The van der Waals surface area contributed by atoms with Crippen LogP contribution in [0.5, 0.6) is 0 Å². The third kappa shape index (κ3) is 6.49. The van der Waals surface area contributed by atoms with E-state index in [1.165, 1.54) is 11.8 Å². The molecular formula is C20H28N6O2S. The average molecular weight is 417 g/mol. The number of nitrogens with two attached hydrogens (primary N) is 1. The maximum atomic E-state index is 12.2. The molecule has 1 heterocycles. The summed E-state index contributed by atoms with van der Waals surface area (Å²) in [7, 11) is 2.05. The van der Waals surface area contributed by atoms with Crippen LogP contribution >= 0.6 is 11.8 Å². The van der Waals surface area contributed by atoms with Crippen molar-refractivity contribution in [3.05, 3.63) is 36.2 Å². The SMILES string of the molecule is CN(CCCNC(=O)CSc1nnc(C2CC2)n1CCC(N)=O)c1ccccc1. The van der Waals surface area contributed by atoms with Gasteiger partial charge in [0.25, 0.3) is 0 Å². The van der Waals surface area contributed by atoms with Gasteiger partial charge in [-0.3, -0.25) is 9.59 Å². The first kappa shape index (κ1) is 21.2. The molecule has 3 N–H and O–H groups in total. The highest BCUT2D eigenvalue weighted by molar-refractivity contribution is 7.99. The van der Waals surface area contributed by atoms with E-state index in [-0.39, 0.29) is 24.0 Å². The van der Waals surface area contributed by atoms with Crippen molar-refractivity contribution in [2.24, 2.45) is 5.73 Å². The zero-order valence-corrected chi connectivity index (χ0v) is 17.5. The Hall–Kier alpha value is -2.55. The fraction of sp³-hybridized carbons (Fsp3) is 0.500. The lowest BCUT2D eigenvalue weighted by molar-refractivity contribution is -0.119. The van der Waals surface area contributed by atoms with Gasteiger partial charge in [-0.1, -0.05) is 30.0 Å². The van der Waals surface area contributed by atoms with Crippen molar-refractivity contribution in [3.8, 4) is 0 Å². The van der Waals surface area contributed by atoms with Crippen molar-refractivity contribution in [1.82, 2.24) is 20.1 Å². The molecule has 0 spiro atoms. The minimum Gasteiger partial charge on any atom is -0.375 e.